The Kier molecular flexibility index (Phi) is 7.45. The lowest BCUT2D eigenvalue weighted by Crippen LogP contribution is -2.64. The lowest BCUT2D eigenvalue weighted by molar-refractivity contribution is 0.0428. The molecule has 3 aromatic rings. The monoisotopic (exact) mass is 555 g/mol. The minimum atomic E-state index is -0.591. The fourth-order valence-corrected chi connectivity index (χ4v) is 6.22. The molecule has 1 N–H and O–H groups in total. The van der Waals surface area contributed by atoms with Crippen LogP contribution >= 0.6 is 23.2 Å². The summed E-state index contributed by atoms with van der Waals surface area (Å²) in [7, 11) is 1.66. The molecule has 0 bridgehead atoms. The van der Waals surface area contributed by atoms with E-state index in [1.54, 1.807) is 22.9 Å². The standard InChI is InChI=1S/C29H31Cl2N3O4/c1-17(2)33-25(5-4-14-38-3)34(32-13-12-24(35)28(36)27(32)29(33)37)26-22-10-8-20(30)15-18(22)6-7-19-16-21(31)9-11-23(19)26/h8-13,15-17,25-26,36H,4-7,14H2,1-3H3. The van der Waals surface area contributed by atoms with Gasteiger partial charge in [-0.15, -0.1) is 0 Å². The SMILES string of the molecule is COCCCC1N(C(C)C)C(=O)c2c(O)c(=O)ccn2N1C1c2ccc(Cl)cc2CCc2cc(Cl)ccc21. The molecule has 2 heterocycles. The van der Waals surface area contributed by atoms with Crippen LogP contribution in [0.15, 0.2) is 53.5 Å². The molecule has 0 spiro atoms. The van der Waals surface area contributed by atoms with Crippen LogP contribution in [0.2, 0.25) is 10.0 Å². The zero-order chi connectivity index (χ0) is 27.1. The third-order valence-electron chi connectivity index (χ3n) is 7.46. The Labute approximate surface area is 232 Å². The van der Waals surface area contributed by atoms with Gasteiger partial charge in [0.1, 0.15) is 6.17 Å². The molecule has 2 aliphatic rings. The molecule has 1 atom stereocenters. The topological polar surface area (TPSA) is 75.0 Å². The number of pyridine rings is 1. The van der Waals surface area contributed by atoms with E-state index in [9.17, 15) is 14.7 Å². The quantitative estimate of drug-likeness (QED) is 0.417. The van der Waals surface area contributed by atoms with Crippen LogP contribution in [-0.2, 0) is 17.6 Å². The molecule has 1 unspecified atom stereocenters. The molecular weight excluding hydrogens is 525 g/mol. The van der Waals surface area contributed by atoms with Crippen LogP contribution in [0, 0.1) is 0 Å². The Morgan fingerprint density at radius 3 is 2.16 bits per heavy atom. The molecule has 5 rings (SSSR count). The third-order valence-corrected chi connectivity index (χ3v) is 7.93. The molecule has 9 heteroatoms. The van der Waals surface area contributed by atoms with Gasteiger partial charge >= 0.3 is 0 Å². The van der Waals surface area contributed by atoms with Crippen LogP contribution in [0.25, 0.3) is 0 Å². The van der Waals surface area contributed by atoms with Gasteiger partial charge in [0.25, 0.3) is 5.91 Å². The number of hydrogen-bond acceptors (Lipinski definition) is 5. The highest BCUT2D eigenvalue weighted by atomic mass is 35.5. The Hall–Kier alpha value is -3.00. The first-order valence-corrected chi connectivity index (χ1v) is 13.6. The molecular formula is C29H31Cl2N3O4. The number of aromatic hydroxyl groups is 1. The van der Waals surface area contributed by atoms with E-state index in [0.717, 1.165) is 35.1 Å². The number of fused-ring (bicyclic) bond motifs is 3. The number of halogens is 2. The number of aromatic nitrogens is 1. The summed E-state index contributed by atoms with van der Waals surface area (Å²) < 4.78 is 7.03. The summed E-state index contributed by atoms with van der Waals surface area (Å²) in [6.07, 6.45) is 4.08. The number of aryl methyl sites for hydroxylation is 2. The molecule has 0 radical (unpaired) electrons. The number of hydrogen-bond donors (Lipinski definition) is 1. The minimum absolute atomic E-state index is 0.0375. The smallest absolute Gasteiger partial charge is 0.278 e. The molecule has 38 heavy (non-hydrogen) atoms. The van der Waals surface area contributed by atoms with Gasteiger partial charge in [-0.25, -0.2) is 0 Å². The Balaban J connectivity index is 1.83. The number of nitrogens with zero attached hydrogens (tertiary/aromatic N) is 3. The largest absolute Gasteiger partial charge is 0.502 e. The first-order valence-electron chi connectivity index (χ1n) is 12.8. The van der Waals surface area contributed by atoms with E-state index in [1.807, 2.05) is 50.2 Å². The molecule has 1 aromatic heterocycles. The van der Waals surface area contributed by atoms with E-state index < -0.39 is 11.2 Å². The second-order valence-corrected chi connectivity index (χ2v) is 11.0. The number of carbonyl (C=O) groups is 1. The van der Waals surface area contributed by atoms with Crippen molar-refractivity contribution < 1.29 is 14.6 Å². The average Bonchev–Trinajstić information content (AvgIpc) is 3.02. The summed E-state index contributed by atoms with van der Waals surface area (Å²) in [5, 5.41) is 14.3. The fourth-order valence-electron chi connectivity index (χ4n) is 5.83. The summed E-state index contributed by atoms with van der Waals surface area (Å²) in [6, 6.07) is 12.6. The lowest BCUT2D eigenvalue weighted by atomic mass is 9.92. The van der Waals surface area contributed by atoms with Gasteiger partial charge in [0, 0.05) is 42.1 Å². The van der Waals surface area contributed by atoms with Crippen molar-refractivity contribution in [3.63, 3.8) is 0 Å². The summed E-state index contributed by atoms with van der Waals surface area (Å²) in [5.74, 6) is -0.931. The van der Waals surface area contributed by atoms with E-state index in [-0.39, 0.29) is 29.9 Å². The van der Waals surface area contributed by atoms with Crippen molar-refractivity contribution in [3.05, 3.63) is 96.9 Å². The molecule has 1 amide bonds. The van der Waals surface area contributed by atoms with Gasteiger partial charge in [-0.2, -0.15) is 0 Å². The lowest BCUT2D eigenvalue weighted by Gasteiger charge is -2.51. The van der Waals surface area contributed by atoms with Crippen molar-refractivity contribution in [3.8, 4) is 5.75 Å². The van der Waals surface area contributed by atoms with Crippen LogP contribution in [0.3, 0.4) is 0 Å². The summed E-state index contributed by atoms with van der Waals surface area (Å²) in [6.45, 7) is 4.43. The van der Waals surface area contributed by atoms with Crippen LogP contribution in [-0.4, -0.2) is 46.5 Å². The van der Waals surface area contributed by atoms with Crippen LogP contribution in [0.4, 0.5) is 0 Å². The van der Waals surface area contributed by atoms with Gasteiger partial charge in [-0.3, -0.25) is 19.3 Å². The highest BCUT2D eigenvalue weighted by molar-refractivity contribution is 6.31. The van der Waals surface area contributed by atoms with Gasteiger partial charge in [-0.05, 0) is 86.1 Å². The number of carbonyl (C=O) groups excluding carboxylic acids is 1. The Morgan fingerprint density at radius 1 is 1.00 bits per heavy atom. The predicted octanol–water partition coefficient (Wildman–Crippen LogP) is 5.30. The Morgan fingerprint density at radius 2 is 1.61 bits per heavy atom. The van der Waals surface area contributed by atoms with Crippen molar-refractivity contribution in [1.29, 1.82) is 0 Å². The number of benzene rings is 2. The van der Waals surface area contributed by atoms with Crippen molar-refractivity contribution >= 4 is 29.1 Å². The first-order chi connectivity index (χ1) is 18.2. The molecule has 200 valence electrons. The van der Waals surface area contributed by atoms with Gasteiger partial charge in [0.15, 0.2) is 11.4 Å². The number of methoxy groups -OCH3 is 1. The van der Waals surface area contributed by atoms with E-state index in [4.69, 9.17) is 27.9 Å². The first kappa shape index (κ1) is 26.6. The van der Waals surface area contributed by atoms with E-state index in [0.29, 0.717) is 29.5 Å². The maximum absolute atomic E-state index is 13.9. The van der Waals surface area contributed by atoms with Gasteiger partial charge < -0.3 is 14.7 Å². The van der Waals surface area contributed by atoms with Gasteiger partial charge in [0.2, 0.25) is 5.43 Å². The zero-order valence-electron chi connectivity index (χ0n) is 21.7. The summed E-state index contributed by atoms with van der Waals surface area (Å²) in [4.78, 5) is 28.1. The second-order valence-electron chi connectivity index (χ2n) is 10.1. The molecule has 0 saturated carbocycles. The van der Waals surface area contributed by atoms with Crippen LogP contribution < -0.4 is 10.4 Å². The van der Waals surface area contributed by atoms with Crippen molar-refractivity contribution in [2.45, 2.75) is 57.8 Å². The maximum atomic E-state index is 13.9. The van der Waals surface area contributed by atoms with Crippen molar-refractivity contribution in [1.82, 2.24) is 9.58 Å². The minimum Gasteiger partial charge on any atom is -0.502 e. The highest BCUT2D eigenvalue weighted by Crippen LogP contribution is 2.42. The maximum Gasteiger partial charge on any atom is 0.278 e. The van der Waals surface area contributed by atoms with Gasteiger partial charge in [0.05, 0.1) is 6.04 Å². The van der Waals surface area contributed by atoms with E-state index in [1.165, 1.54) is 6.07 Å². The second kappa shape index (κ2) is 10.6. The van der Waals surface area contributed by atoms with Crippen LogP contribution in [0.1, 0.15) is 65.5 Å². The van der Waals surface area contributed by atoms with Crippen molar-refractivity contribution in [2.75, 3.05) is 18.7 Å². The van der Waals surface area contributed by atoms with E-state index >= 15 is 0 Å². The molecule has 0 saturated heterocycles. The number of rotatable bonds is 6. The summed E-state index contributed by atoms with van der Waals surface area (Å²) in [5.41, 5.74) is 3.68. The fraction of sp³-hybridized carbons (Fsp3) is 0.379. The van der Waals surface area contributed by atoms with E-state index in [2.05, 4.69) is 5.01 Å². The normalized spacial score (nSPS) is 17.3. The number of ether oxygens (including phenoxy) is 1. The zero-order valence-corrected chi connectivity index (χ0v) is 23.2. The Bertz CT molecular complexity index is 1380. The van der Waals surface area contributed by atoms with Crippen molar-refractivity contribution in [2.24, 2.45) is 0 Å². The molecule has 2 aromatic carbocycles. The third kappa shape index (κ3) is 4.57. The molecule has 7 nitrogen and oxygen atoms in total. The van der Waals surface area contributed by atoms with Gasteiger partial charge in [-0.1, -0.05) is 35.3 Å². The molecule has 1 aliphatic heterocycles. The highest BCUT2D eigenvalue weighted by Gasteiger charge is 2.45. The molecule has 1 aliphatic carbocycles. The number of amides is 1. The van der Waals surface area contributed by atoms with Crippen LogP contribution in [0.5, 0.6) is 5.75 Å². The predicted molar refractivity (Wildman–Crippen MR) is 149 cm³/mol. The summed E-state index contributed by atoms with van der Waals surface area (Å²) >= 11 is 12.9. The molecule has 0 fully saturated rings. The average molecular weight is 556 g/mol.